The number of ether oxygens (including phenoxy) is 1. The summed E-state index contributed by atoms with van der Waals surface area (Å²) in [5.41, 5.74) is -0.181. The Balaban J connectivity index is 1.92. The van der Waals surface area contributed by atoms with Crippen molar-refractivity contribution in [3.8, 4) is 5.75 Å². The first-order valence-corrected chi connectivity index (χ1v) is 6.79. The van der Waals surface area contributed by atoms with E-state index in [-0.39, 0.29) is 22.4 Å². The van der Waals surface area contributed by atoms with E-state index in [2.05, 4.69) is 4.74 Å². The van der Waals surface area contributed by atoms with Gasteiger partial charge in [-0.1, -0.05) is 0 Å². The molecule has 2 aromatic carbocycles. The van der Waals surface area contributed by atoms with E-state index >= 15 is 0 Å². The van der Waals surface area contributed by atoms with Gasteiger partial charge in [0.25, 0.3) is 11.8 Å². The van der Waals surface area contributed by atoms with E-state index in [1.54, 1.807) is 0 Å². The molecule has 0 radical (unpaired) electrons. The van der Waals surface area contributed by atoms with Gasteiger partial charge in [0.1, 0.15) is 5.75 Å². The number of imide groups is 1. The van der Waals surface area contributed by atoms with Crippen LogP contribution >= 0.6 is 0 Å². The highest BCUT2D eigenvalue weighted by atomic mass is 19.4. The molecule has 0 spiro atoms. The van der Waals surface area contributed by atoms with Crippen LogP contribution in [0.4, 0.5) is 18.9 Å². The highest BCUT2D eigenvalue weighted by Gasteiger charge is 2.37. The largest absolute Gasteiger partial charge is 0.573 e. The van der Waals surface area contributed by atoms with Crippen LogP contribution in [0, 0.1) is 0 Å². The van der Waals surface area contributed by atoms with Gasteiger partial charge in [-0.05, 0) is 42.5 Å². The molecule has 2 amide bonds. The molecule has 0 fully saturated rings. The summed E-state index contributed by atoms with van der Waals surface area (Å²) >= 11 is 0. The van der Waals surface area contributed by atoms with Crippen LogP contribution in [0.15, 0.2) is 42.5 Å². The van der Waals surface area contributed by atoms with E-state index in [0.29, 0.717) is 0 Å². The molecule has 0 saturated carbocycles. The highest BCUT2D eigenvalue weighted by molar-refractivity contribution is 6.34. The molecule has 0 atom stereocenters. The Morgan fingerprint density at radius 1 is 0.960 bits per heavy atom. The van der Waals surface area contributed by atoms with Crippen LogP contribution in [0.2, 0.25) is 0 Å². The SMILES string of the molecule is O=C(O)c1ccc2c(c1)C(=O)N(c1ccc(OC(F)(F)F)cc1)C2=O. The van der Waals surface area contributed by atoms with Crippen molar-refractivity contribution in [1.29, 1.82) is 0 Å². The Labute approximate surface area is 138 Å². The number of carbonyl (C=O) groups is 3. The molecule has 2 aromatic rings. The number of benzene rings is 2. The lowest BCUT2D eigenvalue weighted by atomic mass is 10.1. The van der Waals surface area contributed by atoms with Crippen molar-refractivity contribution >= 4 is 23.5 Å². The summed E-state index contributed by atoms with van der Waals surface area (Å²) < 4.78 is 40.2. The van der Waals surface area contributed by atoms with Crippen LogP contribution in [0.25, 0.3) is 0 Å². The van der Waals surface area contributed by atoms with Crippen molar-refractivity contribution in [3.05, 3.63) is 59.2 Å². The Bertz CT molecular complexity index is 890. The highest BCUT2D eigenvalue weighted by Crippen LogP contribution is 2.31. The van der Waals surface area contributed by atoms with E-state index < -0.39 is 29.9 Å². The minimum absolute atomic E-state index is 0.0191. The fraction of sp³-hybridized carbons (Fsp3) is 0.0625. The topological polar surface area (TPSA) is 83.9 Å². The van der Waals surface area contributed by atoms with Crippen molar-refractivity contribution < 1.29 is 37.4 Å². The molecule has 9 heteroatoms. The van der Waals surface area contributed by atoms with Crippen LogP contribution in [-0.2, 0) is 0 Å². The maximum absolute atomic E-state index is 12.4. The van der Waals surface area contributed by atoms with Crippen LogP contribution in [0.3, 0.4) is 0 Å². The molecule has 128 valence electrons. The molecule has 0 aliphatic carbocycles. The molecule has 0 bridgehead atoms. The number of carboxylic acid groups (broad SMARTS) is 1. The molecule has 0 saturated heterocycles. The molecule has 0 unspecified atom stereocenters. The molecule has 1 heterocycles. The first-order valence-electron chi connectivity index (χ1n) is 6.79. The fourth-order valence-electron chi connectivity index (χ4n) is 2.41. The van der Waals surface area contributed by atoms with Gasteiger partial charge in [0.2, 0.25) is 0 Å². The number of hydrogen-bond acceptors (Lipinski definition) is 4. The predicted octanol–water partition coefficient (Wildman–Crippen LogP) is 3.08. The first kappa shape index (κ1) is 16.5. The maximum atomic E-state index is 12.4. The second-order valence-corrected chi connectivity index (χ2v) is 5.05. The van der Waals surface area contributed by atoms with Gasteiger partial charge < -0.3 is 9.84 Å². The second kappa shape index (κ2) is 5.62. The van der Waals surface area contributed by atoms with Gasteiger partial charge in [0.15, 0.2) is 0 Å². The van der Waals surface area contributed by atoms with E-state index in [9.17, 15) is 27.6 Å². The summed E-state index contributed by atoms with van der Waals surface area (Å²) in [6.45, 7) is 0. The molecular weight excluding hydrogens is 343 g/mol. The third-order valence-electron chi connectivity index (χ3n) is 3.46. The van der Waals surface area contributed by atoms with E-state index in [0.717, 1.165) is 35.2 Å². The number of amides is 2. The molecule has 1 N–H and O–H groups in total. The van der Waals surface area contributed by atoms with Crippen LogP contribution in [0.5, 0.6) is 5.75 Å². The Kier molecular flexibility index (Phi) is 3.71. The van der Waals surface area contributed by atoms with Gasteiger partial charge >= 0.3 is 12.3 Å². The quantitative estimate of drug-likeness (QED) is 0.859. The van der Waals surface area contributed by atoms with Crippen molar-refractivity contribution in [1.82, 2.24) is 0 Å². The monoisotopic (exact) mass is 351 g/mol. The number of carboxylic acids is 1. The normalized spacial score (nSPS) is 13.8. The standard InChI is InChI=1S/C16H8F3NO5/c17-16(18,19)25-10-4-2-9(3-5-10)20-13(21)11-6-1-8(15(23)24)7-12(11)14(20)22/h1-7H,(H,23,24). The average Bonchev–Trinajstić information content (AvgIpc) is 2.78. The van der Waals surface area contributed by atoms with Crippen molar-refractivity contribution in [2.45, 2.75) is 6.36 Å². The molecule has 1 aliphatic heterocycles. The summed E-state index contributed by atoms with van der Waals surface area (Å²) in [7, 11) is 0. The molecule has 25 heavy (non-hydrogen) atoms. The number of anilines is 1. The van der Waals surface area contributed by atoms with Crippen molar-refractivity contribution in [2.75, 3.05) is 4.90 Å². The van der Waals surface area contributed by atoms with Gasteiger partial charge in [-0.3, -0.25) is 9.59 Å². The maximum Gasteiger partial charge on any atom is 0.573 e. The number of rotatable bonds is 3. The van der Waals surface area contributed by atoms with Crippen LogP contribution in [0.1, 0.15) is 31.1 Å². The molecular formula is C16H8F3NO5. The number of aromatic carboxylic acids is 1. The van der Waals surface area contributed by atoms with Crippen molar-refractivity contribution in [3.63, 3.8) is 0 Å². The van der Waals surface area contributed by atoms with Gasteiger partial charge in [0.05, 0.1) is 22.4 Å². The number of carbonyl (C=O) groups excluding carboxylic acids is 2. The first-order chi connectivity index (χ1) is 11.7. The lowest BCUT2D eigenvalue weighted by molar-refractivity contribution is -0.274. The van der Waals surface area contributed by atoms with E-state index in [1.165, 1.54) is 12.1 Å². The molecule has 1 aliphatic rings. The summed E-state index contributed by atoms with van der Waals surface area (Å²) in [5.74, 6) is -3.20. The zero-order valence-electron chi connectivity index (χ0n) is 12.2. The van der Waals surface area contributed by atoms with Gasteiger partial charge in [0, 0.05) is 0 Å². The zero-order chi connectivity index (χ0) is 18.4. The zero-order valence-corrected chi connectivity index (χ0v) is 12.2. The van der Waals surface area contributed by atoms with Crippen molar-refractivity contribution in [2.24, 2.45) is 0 Å². The minimum atomic E-state index is -4.86. The van der Waals surface area contributed by atoms with Gasteiger partial charge in [-0.15, -0.1) is 13.2 Å². The molecule has 3 rings (SSSR count). The fourth-order valence-corrected chi connectivity index (χ4v) is 2.41. The number of alkyl halides is 3. The number of nitrogens with zero attached hydrogens (tertiary/aromatic N) is 1. The molecule has 0 aromatic heterocycles. The molecule has 6 nitrogen and oxygen atoms in total. The third-order valence-corrected chi connectivity index (χ3v) is 3.46. The minimum Gasteiger partial charge on any atom is -0.478 e. The second-order valence-electron chi connectivity index (χ2n) is 5.05. The number of hydrogen-bond donors (Lipinski definition) is 1. The number of halogens is 3. The summed E-state index contributed by atoms with van der Waals surface area (Å²) in [6, 6.07) is 7.68. The lowest BCUT2D eigenvalue weighted by Gasteiger charge is -2.15. The summed E-state index contributed by atoms with van der Waals surface area (Å²) in [6.07, 6.45) is -4.86. The Hall–Kier alpha value is -3.36. The average molecular weight is 351 g/mol. The number of fused-ring (bicyclic) bond motifs is 1. The summed E-state index contributed by atoms with van der Waals surface area (Å²) in [5, 5.41) is 8.96. The lowest BCUT2D eigenvalue weighted by Crippen LogP contribution is -2.29. The van der Waals surface area contributed by atoms with E-state index in [4.69, 9.17) is 5.11 Å². The summed E-state index contributed by atoms with van der Waals surface area (Å²) in [4.78, 5) is 36.5. The van der Waals surface area contributed by atoms with Crippen LogP contribution < -0.4 is 9.64 Å². The predicted molar refractivity (Wildman–Crippen MR) is 77.7 cm³/mol. The Morgan fingerprint density at radius 3 is 2.12 bits per heavy atom. The Morgan fingerprint density at radius 2 is 1.56 bits per heavy atom. The van der Waals surface area contributed by atoms with Gasteiger partial charge in [-0.2, -0.15) is 0 Å². The van der Waals surface area contributed by atoms with Crippen LogP contribution in [-0.4, -0.2) is 29.3 Å². The van der Waals surface area contributed by atoms with Gasteiger partial charge in [-0.25, -0.2) is 9.69 Å². The van der Waals surface area contributed by atoms with E-state index in [1.807, 2.05) is 0 Å². The smallest absolute Gasteiger partial charge is 0.478 e. The third kappa shape index (κ3) is 3.03.